The van der Waals surface area contributed by atoms with Gasteiger partial charge in [-0.3, -0.25) is 9.59 Å². The monoisotopic (exact) mass is 274 g/mol. The highest BCUT2D eigenvalue weighted by atomic mass is 16.2. The summed E-state index contributed by atoms with van der Waals surface area (Å²) < 4.78 is 0. The molecule has 0 spiro atoms. The summed E-state index contributed by atoms with van der Waals surface area (Å²) in [5.41, 5.74) is 3.12. The molecule has 2 N–H and O–H groups in total. The van der Waals surface area contributed by atoms with Gasteiger partial charge in [-0.15, -0.1) is 0 Å². The summed E-state index contributed by atoms with van der Waals surface area (Å²) in [6, 6.07) is 5.44. The van der Waals surface area contributed by atoms with Gasteiger partial charge in [0.25, 0.3) is 5.91 Å². The van der Waals surface area contributed by atoms with E-state index >= 15 is 0 Å². The average molecular weight is 274 g/mol. The van der Waals surface area contributed by atoms with Crippen LogP contribution in [0.1, 0.15) is 39.2 Å². The highest BCUT2D eigenvalue weighted by Gasteiger charge is 2.07. The molecule has 2 amide bonds. The van der Waals surface area contributed by atoms with E-state index in [4.69, 9.17) is 0 Å². The van der Waals surface area contributed by atoms with Crippen LogP contribution in [0.4, 0.5) is 11.4 Å². The minimum atomic E-state index is -0.100. The van der Waals surface area contributed by atoms with E-state index in [1.54, 1.807) is 19.1 Å². The Balaban J connectivity index is 2.80. The number of hydrogen-bond donors (Lipinski definition) is 2. The van der Waals surface area contributed by atoms with Crippen molar-refractivity contribution in [1.82, 2.24) is 0 Å². The van der Waals surface area contributed by atoms with Crippen molar-refractivity contribution in [1.29, 1.82) is 0 Å². The van der Waals surface area contributed by atoms with Crippen LogP contribution in [0, 0.1) is 6.92 Å². The molecular formula is C16H22N2O2. The molecule has 20 heavy (non-hydrogen) atoms. The lowest BCUT2D eigenvalue weighted by atomic mass is 10.1. The van der Waals surface area contributed by atoms with Crippen LogP contribution in [0.25, 0.3) is 0 Å². The number of aryl methyl sites for hydroxylation is 1. The minimum absolute atomic E-state index is 0.0217. The van der Waals surface area contributed by atoms with E-state index in [2.05, 4.69) is 10.6 Å². The van der Waals surface area contributed by atoms with Crippen LogP contribution in [0.3, 0.4) is 0 Å². The van der Waals surface area contributed by atoms with Gasteiger partial charge < -0.3 is 10.6 Å². The molecule has 0 aliphatic carbocycles. The lowest BCUT2D eigenvalue weighted by molar-refractivity contribution is -0.116. The van der Waals surface area contributed by atoms with E-state index in [1.807, 2.05) is 32.9 Å². The van der Waals surface area contributed by atoms with E-state index < -0.39 is 0 Å². The predicted octanol–water partition coefficient (Wildman–Crippen LogP) is 3.64. The zero-order valence-corrected chi connectivity index (χ0v) is 12.5. The normalized spacial score (nSPS) is 11.1. The van der Waals surface area contributed by atoms with Crippen molar-refractivity contribution in [3.05, 3.63) is 35.4 Å². The second-order valence-electron chi connectivity index (χ2n) is 4.68. The minimum Gasteiger partial charge on any atom is -0.326 e. The van der Waals surface area contributed by atoms with Gasteiger partial charge >= 0.3 is 0 Å². The molecule has 1 aromatic carbocycles. The quantitative estimate of drug-likeness (QED) is 0.805. The molecule has 0 aromatic heterocycles. The molecule has 1 aromatic rings. The number of amides is 2. The fraction of sp³-hybridized carbons (Fsp3) is 0.375. The smallest absolute Gasteiger partial charge is 0.250 e. The second kappa shape index (κ2) is 7.48. The summed E-state index contributed by atoms with van der Waals surface area (Å²) in [5, 5.41) is 5.66. The first-order valence-electron chi connectivity index (χ1n) is 6.86. The Kier molecular flexibility index (Phi) is 5.97. The van der Waals surface area contributed by atoms with Gasteiger partial charge in [0.1, 0.15) is 0 Å². The Hall–Kier alpha value is -2.10. The van der Waals surface area contributed by atoms with Crippen LogP contribution in [0.15, 0.2) is 29.8 Å². The van der Waals surface area contributed by atoms with Gasteiger partial charge in [0, 0.05) is 23.4 Å². The first kappa shape index (κ1) is 16.0. The molecule has 1 rings (SSSR count). The highest BCUT2D eigenvalue weighted by Crippen LogP contribution is 2.20. The second-order valence-corrected chi connectivity index (χ2v) is 4.68. The highest BCUT2D eigenvalue weighted by molar-refractivity contribution is 6.03. The zero-order chi connectivity index (χ0) is 15.1. The van der Waals surface area contributed by atoms with Crippen LogP contribution in [0.2, 0.25) is 0 Å². The molecule has 0 radical (unpaired) electrons. The number of carbonyl (C=O) groups is 2. The van der Waals surface area contributed by atoms with Crippen molar-refractivity contribution >= 4 is 23.2 Å². The standard InChI is InChI=1S/C16H22N2O2/c1-5-7-11(3)16(20)17-13-8-9-14(12(4)10-13)18-15(19)6-2/h7-10H,5-6H2,1-4H3,(H,17,20)(H,18,19). The third-order valence-electron chi connectivity index (χ3n) is 2.95. The van der Waals surface area contributed by atoms with E-state index in [-0.39, 0.29) is 11.8 Å². The van der Waals surface area contributed by atoms with Crippen molar-refractivity contribution in [2.45, 2.75) is 40.5 Å². The Morgan fingerprint density at radius 3 is 2.45 bits per heavy atom. The van der Waals surface area contributed by atoms with Gasteiger partial charge in [0.15, 0.2) is 0 Å². The maximum Gasteiger partial charge on any atom is 0.250 e. The van der Waals surface area contributed by atoms with E-state index in [0.29, 0.717) is 12.0 Å². The zero-order valence-electron chi connectivity index (χ0n) is 12.5. The molecule has 108 valence electrons. The number of rotatable bonds is 5. The molecule has 4 nitrogen and oxygen atoms in total. The molecule has 0 heterocycles. The average Bonchev–Trinajstić information content (AvgIpc) is 2.41. The maximum atomic E-state index is 11.9. The third-order valence-corrected chi connectivity index (χ3v) is 2.95. The molecule has 0 fully saturated rings. The molecule has 0 bridgehead atoms. The summed E-state index contributed by atoms with van der Waals surface area (Å²) in [7, 11) is 0. The lowest BCUT2D eigenvalue weighted by Gasteiger charge is -2.11. The Morgan fingerprint density at radius 2 is 1.90 bits per heavy atom. The van der Waals surface area contributed by atoms with Crippen molar-refractivity contribution in [3.8, 4) is 0 Å². The van der Waals surface area contributed by atoms with Gasteiger partial charge in [0.05, 0.1) is 0 Å². The van der Waals surface area contributed by atoms with Crippen molar-refractivity contribution < 1.29 is 9.59 Å². The van der Waals surface area contributed by atoms with Crippen molar-refractivity contribution in [3.63, 3.8) is 0 Å². The first-order valence-corrected chi connectivity index (χ1v) is 6.86. The number of nitrogens with one attached hydrogen (secondary N) is 2. The maximum absolute atomic E-state index is 11.9. The molecule has 0 aliphatic rings. The number of carbonyl (C=O) groups excluding carboxylic acids is 2. The van der Waals surface area contributed by atoms with Gasteiger partial charge in [-0.05, 0) is 44.0 Å². The van der Waals surface area contributed by atoms with Crippen LogP contribution < -0.4 is 10.6 Å². The third kappa shape index (κ3) is 4.53. The molecule has 0 atom stereocenters. The number of allylic oxidation sites excluding steroid dienone is 1. The fourth-order valence-corrected chi connectivity index (χ4v) is 1.75. The van der Waals surface area contributed by atoms with Gasteiger partial charge in [0.2, 0.25) is 5.91 Å². The van der Waals surface area contributed by atoms with E-state index in [1.165, 1.54) is 0 Å². The van der Waals surface area contributed by atoms with Gasteiger partial charge in [-0.25, -0.2) is 0 Å². The summed E-state index contributed by atoms with van der Waals surface area (Å²) in [6.07, 6.45) is 3.16. The SMILES string of the molecule is CCC=C(C)C(=O)Nc1ccc(NC(=O)CC)c(C)c1. The Morgan fingerprint density at radius 1 is 1.20 bits per heavy atom. The molecule has 0 unspecified atom stereocenters. The molecule has 0 aliphatic heterocycles. The Bertz CT molecular complexity index is 533. The first-order chi connectivity index (χ1) is 9.47. The molecule has 0 saturated carbocycles. The topological polar surface area (TPSA) is 58.2 Å². The lowest BCUT2D eigenvalue weighted by Crippen LogP contribution is -2.14. The van der Waals surface area contributed by atoms with Crippen molar-refractivity contribution in [2.75, 3.05) is 10.6 Å². The number of benzene rings is 1. The van der Waals surface area contributed by atoms with Crippen LogP contribution in [-0.2, 0) is 9.59 Å². The summed E-state index contributed by atoms with van der Waals surface area (Å²) in [4.78, 5) is 23.2. The Labute approximate surface area is 120 Å². The largest absolute Gasteiger partial charge is 0.326 e. The summed E-state index contributed by atoms with van der Waals surface area (Å²) in [5.74, 6) is -0.122. The number of hydrogen-bond acceptors (Lipinski definition) is 2. The van der Waals surface area contributed by atoms with Crippen LogP contribution in [0.5, 0.6) is 0 Å². The molecular weight excluding hydrogens is 252 g/mol. The van der Waals surface area contributed by atoms with Gasteiger partial charge in [-0.2, -0.15) is 0 Å². The fourth-order valence-electron chi connectivity index (χ4n) is 1.75. The van der Waals surface area contributed by atoms with E-state index in [9.17, 15) is 9.59 Å². The van der Waals surface area contributed by atoms with Crippen LogP contribution >= 0.6 is 0 Å². The van der Waals surface area contributed by atoms with Crippen molar-refractivity contribution in [2.24, 2.45) is 0 Å². The molecule has 0 saturated heterocycles. The molecule has 4 heteroatoms. The van der Waals surface area contributed by atoms with Gasteiger partial charge in [-0.1, -0.05) is 19.9 Å². The van der Waals surface area contributed by atoms with E-state index in [0.717, 1.165) is 23.4 Å². The number of anilines is 2. The van der Waals surface area contributed by atoms with Crippen LogP contribution in [-0.4, -0.2) is 11.8 Å². The summed E-state index contributed by atoms with van der Waals surface area (Å²) in [6.45, 7) is 7.49. The predicted molar refractivity (Wildman–Crippen MR) is 82.8 cm³/mol. The summed E-state index contributed by atoms with van der Waals surface area (Å²) >= 11 is 0.